The van der Waals surface area contributed by atoms with Crippen molar-refractivity contribution in [1.82, 2.24) is 4.67 Å². The number of nitrogens with zero attached hydrogens (tertiary/aromatic N) is 1. The van der Waals surface area contributed by atoms with Gasteiger partial charge < -0.3 is 4.52 Å². The maximum atomic E-state index is 11.4. The molecule has 0 aliphatic heterocycles. The molecule has 0 heterocycles. The van der Waals surface area contributed by atoms with Crippen molar-refractivity contribution in [2.24, 2.45) is 0 Å². The Balaban J connectivity index is 4.13. The maximum absolute atomic E-state index is 11.4. The standard InChI is InChI=1S/C6H13ClNO2P/c1-6(7)5-8(2)11(4,9)10-3/h1,5H2,2-4H3. The van der Waals surface area contributed by atoms with Crippen LogP contribution < -0.4 is 0 Å². The summed E-state index contributed by atoms with van der Waals surface area (Å²) in [6.07, 6.45) is 0. The molecule has 1 unspecified atom stereocenters. The molecule has 0 aromatic rings. The Labute approximate surface area is 72.5 Å². The smallest absolute Gasteiger partial charge is 0.269 e. The van der Waals surface area contributed by atoms with Crippen molar-refractivity contribution < 1.29 is 9.09 Å². The first-order valence-electron chi connectivity index (χ1n) is 3.08. The summed E-state index contributed by atoms with van der Waals surface area (Å²) >= 11 is 5.52. The van der Waals surface area contributed by atoms with Crippen LogP contribution in [0.4, 0.5) is 0 Å². The topological polar surface area (TPSA) is 29.5 Å². The van der Waals surface area contributed by atoms with E-state index in [-0.39, 0.29) is 0 Å². The van der Waals surface area contributed by atoms with Crippen molar-refractivity contribution in [3.05, 3.63) is 11.6 Å². The molecule has 0 N–H and O–H groups in total. The minimum atomic E-state index is -2.63. The fourth-order valence-electron chi connectivity index (χ4n) is 0.516. The van der Waals surface area contributed by atoms with Crippen LogP contribution in [0.5, 0.6) is 0 Å². The first-order valence-corrected chi connectivity index (χ1v) is 5.48. The molecule has 0 aromatic carbocycles. The van der Waals surface area contributed by atoms with Gasteiger partial charge in [0.15, 0.2) is 0 Å². The normalized spacial score (nSPS) is 16.5. The minimum absolute atomic E-state index is 0.378. The molecule has 66 valence electrons. The monoisotopic (exact) mass is 197 g/mol. The van der Waals surface area contributed by atoms with E-state index < -0.39 is 7.52 Å². The molecule has 1 atom stereocenters. The average molecular weight is 198 g/mol. The second kappa shape index (κ2) is 4.27. The summed E-state index contributed by atoms with van der Waals surface area (Å²) in [6, 6.07) is 0. The summed E-state index contributed by atoms with van der Waals surface area (Å²) < 4.78 is 17.7. The van der Waals surface area contributed by atoms with Crippen molar-refractivity contribution in [1.29, 1.82) is 0 Å². The molecule has 0 saturated carbocycles. The van der Waals surface area contributed by atoms with Gasteiger partial charge in [-0.05, 0) is 7.05 Å². The number of hydrogen-bond acceptors (Lipinski definition) is 2. The SMILES string of the molecule is C=C(Cl)CN(C)P(C)(=O)OC. The van der Waals surface area contributed by atoms with Crippen LogP contribution >= 0.6 is 19.1 Å². The maximum Gasteiger partial charge on any atom is 0.269 e. The number of halogens is 1. The van der Waals surface area contributed by atoms with Crippen molar-refractivity contribution >= 4 is 19.1 Å². The third kappa shape index (κ3) is 3.92. The van der Waals surface area contributed by atoms with Crippen molar-refractivity contribution in [3.8, 4) is 0 Å². The van der Waals surface area contributed by atoms with Gasteiger partial charge in [-0.25, -0.2) is 4.67 Å². The Kier molecular flexibility index (Phi) is 4.34. The molecule has 0 aromatic heterocycles. The predicted molar refractivity (Wildman–Crippen MR) is 48.2 cm³/mol. The van der Waals surface area contributed by atoms with Crippen LogP contribution in [0.3, 0.4) is 0 Å². The van der Waals surface area contributed by atoms with Gasteiger partial charge in [0.2, 0.25) is 0 Å². The summed E-state index contributed by atoms with van der Waals surface area (Å²) in [6.45, 7) is 5.40. The Hall–Kier alpha value is 0.180. The van der Waals surface area contributed by atoms with E-state index in [0.717, 1.165) is 0 Å². The second-order valence-corrected chi connectivity index (χ2v) is 5.51. The van der Waals surface area contributed by atoms with E-state index in [0.29, 0.717) is 11.6 Å². The molecule has 11 heavy (non-hydrogen) atoms. The zero-order valence-electron chi connectivity index (χ0n) is 7.00. The van der Waals surface area contributed by atoms with E-state index >= 15 is 0 Å². The second-order valence-electron chi connectivity index (χ2n) is 2.32. The van der Waals surface area contributed by atoms with E-state index in [9.17, 15) is 4.57 Å². The lowest BCUT2D eigenvalue weighted by Crippen LogP contribution is -2.16. The van der Waals surface area contributed by atoms with Crippen molar-refractivity contribution in [2.75, 3.05) is 27.4 Å². The third-order valence-corrected chi connectivity index (χ3v) is 3.54. The zero-order valence-corrected chi connectivity index (χ0v) is 8.65. The molecule has 0 spiro atoms. The van der Waals surface area contributed by atoms with Gasteiger partial charge in [-0.3, -0.25) is 4.57 Å². The lowest BCUT2D eigenvalue weighted by molar-refractivity contribution is 0.342. The highest BCUT2D eigenvalue weighted by Gasteiger charge is 2.20. The summed E-state index contributed by atoms with van der Waals surface area (Å²) in [5.41, 5.74) is 0. The molecule has 3 nitrogen and oxygen atoms in total. The Bertz CT molecular complexity index is 195. The lowest BCUT2D eigenvalue weighted by Gasteiger charge is -2.22. The Morgan fingerprint density at radius 2 is 2.27 bits per heavy atom. The van der Waals surface area contributed by atoms with Gasteiger partial charge in [-0.2, -0.15) is 0 Å². The first kappa shape index (κ1) is 11.2. The molecule has 0 saturated heterocycles. The van der Waals surface area contributed by atoms with E-state index in [2.05, 4.69) is 6.58 Å². The number of likely N-dealkylation sites (N-methyl/N-ethyl adjacent to an activating group) is 1. The van der Waals surface area contributed by atoms with E-state index in [1.165, 1.54) is 13.8 Å². The van der Waals surface area contributed by atoms with Gasteiger partial charge >= 0.3 is 0 Å². The van der Waals surface area contributed by atoms with E-state index in [4.69, 9.17) is 16.1 Å². The van der Waals surface area contributed by atoms with Crippen molar-refractivity contribution in [3.63, 3.8) is 0 Å². The fourth-order valence-corrected chi connectivity index (χ4v) is 1.49. The van der Waals surface area contributed by atoms with Gasteiger partial charge in [0.05, 0.1) is 0 Å². The van der Waals surface area contributed by atoms with Crippen LogP contribution in [0, 0.1) is 0 Å². The average Bonchev–Trinajstić information content (AvgIpc) is 1.86. The van der Waals surface area contributed by atoms with Gasteiger partial charge in [0.25, 0.3) is 7.52 Å². The lowest BCUT2D eigenvalue weighted by atomic mass is 10.6. The van der Waals surface area contributed by atoms with Gasteiger partial charge in [-0.15, -0.1) is 0 Å². The van der Waals surface area contributed by atoms with Crippen LogP contribution in [-0.4, -0.2) is 32.0 Å². The third-order valence-electron chi connectivity index (χ3n) is 1.36. The highest BCUT2D eigenvalue weighted by Crippen LogP contribution is 2.44. The summed E-state index contributed by atoms with van der Waals surface area (Å²) in [5.74, 6) is 0. The van der Waals surface area contributed by atoms with E-state index in [1.54, 1.807) is 11.7 Å². The zero-order chi connectivity index (χ0) is 9.07. The first-order chi connectivity index (χ1) is 4.90. The van der Waals surface area contributed by atoms with Crippen LogP contribution in [0.15, 0.2) is 11.6 Å². The van der Waals surface area contributed by atoms with E-state index in [1.807, 2.05) is 0 Å². The highest BCUT2D eigenvalue weighted by molar-refractivity contribution is 7.55. The Morgan fingerprint density at radius 3 is 2.55 bits per heavy atom. The largest absolute Gasteiger partial charge is 0.321 e. The van der Waals surface area contributed by atoms with Gasteiger partial charge in [-0.1, -0.05) is 18.2 Å². The van der Waals surface area contributed by atoms with Crippen LogP contribution in [0.25, 0.3) is 0 Å². The van der Waals surface area contributed by atoms with Gasteiger partial charge in [0.1, 0.15) is 0 Å². The summed E-state index contributed by atoms with van der Waals surface area (Å²) in [7, 11) is 0.459. The molecule has 0 rings (SSSR count). The summed E-state index contributed by atoms with van der Waals surface area (Å²) in [4.78, 5) is 0. The fraction of sp³-hybridized carbons (Fsp3) is 0.667. The molecular weight excluding hydrogens is 184 g/mol. The molecule has 0 bridgehead atoms. The van der Waals surface area contributed by atoms with Gasteiger partial charge in [0, 0.05) is 25.4 Å². The molecule has 0 amide bonds. The summed E-state index contributed by atoms with van der Waals surface area (Å²) in [5, 5.41) is 0.451. The highest BCUT2D eigenvalue weighted by atomic mass is 35.5. The molecule has 5 heteroatoms. The van der Waals surface area contributed by atoms with Crippen LogP contribution in [-0.2, 0) is 9.09 Å². The Morgan fingerprint density at radius 1 is 1.82 bits per heavy atom. The molecule has 0 fully saturated rings. The van der Waals surface area contributed by atoms with Crippen molar-refractivity contribution in [2.45, 2.75) is 0 Å². The number of rotatable bonds is 4. The molecule has 0 aliphatic carbocycles. The molecule has 0 aliphatic rings. The van der Waals surface area contributed by atoms with Crippen LogP contribution in [0.2, 0.25) is 0 Å². The molecule has 0 radical (unpaired) electrons. The minimum Gasteiger partial charge on any atom is -0.321 e. The van der Waals surface area contributed by atoms with Crippen LogP contribution in [0.1, 0.15) is 0 Å². The molecular formula is C6H13ClNO2P. The predicted octanol–water partition coefficient (Wildman–Crippen LogP) is 2.14. The number of hydrogen-bond donors (Lipinski definition) is 0. The quantitative estimate of drug-likeness (QED) is 0.647.